The Morgan fingerprint density at radius 1 is 0.840 bits per heavy atom. The highest BCUT2D eigenvalue weighted by atomic mass is 16.2. The first kappa shape index (κ1) is 19.2. The summed E-state index contributed by atoms with van der Waals surface area (Å²) in [5, 5.41) is 0. The van der Waals surface area contributed by atoms with Gasteiger partial charge in [-0.2, -0.15) is 0 Å². The van der Waals surface area contributed by atoms with Crippen molar-refractivity contribution in [3.8, 4) is 0 Å². The van der Waals surface area contributed by atoms with E-state index in [2.05, 4.69) is 6.92 Å². The molecule has 5 heteroatoms. The van der Waals surface area contributed by atoms with Crippen molar-refractivity contribution in [1.82, 2.24) is 9.80 Å². The number of ketones is 1. The SMILES string of the molecule is CCCCC(=O)N1CCN(C(=O)CCC(=O)c2ccc(C)cc2)CC1. The predicted octanol–water partition coefficient (Wildman–Crippen LogP) is 2.82. The maximum atomic E-state index is 12.3. The van der Waals surface area contributed by atoms with Crippen LogP contribution in [0.4, 0.5) is 0 Å². The van der Waals surface area contributed by atoms with Crippen LogP contribution in [0.25, 0.3) is 0 Å². The number of rotatable bonds is 7. The van der Waals surface area contributed by atoms with E-state index in [4.69, 9.17) is 0 Å². The lowest BCUT2D eigenvalue weighted by Gasteiger charge is -2.35. The maximum absolute atomic E-state index is 12.3. The smallest absolute Gasteiger partial charge is 0.223 e. The first-order chi connectivity index (χ1) is 12.0. The van der Waals surface area contributed by atoms with E-state index < -0.39 is 0 Å². The number of hydrogen-bond donors (Lipinski definition) is 0. The molecule has 0 atom stereocenters. The molecule has 25 heavy (non-hydrogen) atoms. The minimum atomic E-state index is 0.00104. The zero-order chi connectivity index (χ0) is 18.2. The van der Waals surface area contributed by atoms with Gasteiger partial charge in [0.2, 0.25) is 11.8 Å². The minimum absolute atomic E-state index is 0.00104. The van der Waals surface area contributed by atoms with Crippen molar-refractivity contribution in [2.75, 3.05) is 26.2 Å². The average Bonchev–Trinajstić information content (AvgIpc) is 2.64. The number of benzene rings is 1. The molecule has 1 heterocycles. The first-order valence-corrected chi connectivity index (χ1v) is 9.16. The van der Waals surface area contributed by atoms with Gasteiger partial charge in [-0.05, 0) is 13.3 Å². The molecular formula is C20H28N2O3. The van der Waals surface area contributed by atoms with Crippen molar-refractivity contribution in [2.24, 2.45) is 0 Å². The van der Waals surface area contributed by atoms with E-state index in [-0.39, 0.29) is 30.4 Å². The fourth-order valence-electron chi connectivity index (χ4n) is 2.95. The summed E-state index contributed by atoms with van der Waals surface area (Å²) < 4.78 is 0. The van der Waals surface area contributed by atoms with Crippen LogP contribution in [0.2, 0.25) is 0 Å². The van der Waals surface area contributed by atoms with Gasteiger partial charge in [-0.15, -0.1) is 0 Å². The van der Waals surface area contributed by atoms with Gasteiger partial charge in [-0.3, -0.25) is 14.4 Å². The Labute approximate surface area is 150 Å². The number of Topliss-reactive ketones (excluding diaryl/α,β-unsaturated/α-hetero) is 1. The molecule has 0 saturated carbocycles. The fraction of sp³-hybridized carbons (Fsp3) is 0.550. The molecule has 5 nitrogen and oxygen atoms in total. The maximum Gasteiger partial charge on any atom is 0.223 e. The molecule has 0 aliphatic carbocycles. The monoisotopic (exact) mass is 344 g/mol. The van der Waals surface area contributed by atoms with Gasteiger partial charge in [0, 0.05) is 51.0 Å². The van der Waals surface area contributed by atoms with Crippen LogP contribution in [0.3, 0.4) is 0 Å². The highest BCUT2D eigenvalue weighted by Crippen LogP contribution is 2.11. The lowest BCUT2D eigenvalue weighted by molar-refractivity contribution is -0.139. The summed E-state index contributed by atoms with van der Waals surface area (Å²) in [6.45, 7) is 6.37. The van der Waals surface area contributed by atoms with E-state index in [1.165, 1.54) is 0 Å². The van der Waals surface area contributed by atoms with Crippen LogP contribution in [0.15, 0.2) is 24.3 Å². The number of carbonyl (C=O) groups is 3. The number of hydrogen-bond acceptors (Lipinski definition) is 3. The molecule has 136 valence electrons. The van der Waals surface area contributed by atoms with Gasteiger partial charge in [0.15, 0.2) is 5.78 Å². The predicted molar refractivity (Wildman–Crippen MR) is 97.4 cm³/mol. The Morgan fingerprint density at radius 3 is 1.88 bits per heavy atom. The zero-order valence-electron chi connectivity index (χ0n) is 15.3. The third kappa shape index (κ3) is 5.69. The second kappa shape index (κ2) is 9.35. The van der Waals surface area contributed by atoms with Crippen LogP contribution >= 0.6 is 0 Å². The van der Waals surface area contributed by atoms with E-state index in [0.717, 1.165) is 18.4 Å². The first-order valence-electron chi connectivity index (χ1n) is 9.16. The normalized spacial score (nSPS) is 14.5. The molecule has 1 aliphatic rings. The van der Waals surface area contributed by atoms with Crippen LogP contribution in [-0.2, 0) is 9.59 Å². The number of carbonyl (C=O) groups excluding carboxylic acids is 3. The highest BCUT2D eigenvalue weighted by Gasteiger charge is 2.24. The van der Waals surface area contributed by atoms with Gasteiger partial charge in [0.1, 0.15) is 0 Å². The molecule has 0 bridgehead atoms. The van der Waals surface area contributed by atoms with Gasteiger partial charge >= 0.3 is 0 Å². The number of amides is 2. The summed E-state index contributed by atoms with van der Waals surface area (Å²) in [6.07, 6.45) is 2.99. The second-order valence-electron chi connectivity index (χ2n) is 6.65. The van der Waals surface area contributed by atoms with E-state index in [1.54, 1.807) is 4.90 Å². The Kier molecular flexibility index (Phi) is 7.16. The standard InChI is InChI=1S/C20H28N2O3/c1-3-4-5-19(24)21-12-14-22(15-13-21)20(25)11-10-18(23)17-8-6-16(2)7-9-17/h6-9H,3-5,10-15H2,1-2H3. The Bertz CT molecular complexity index is 602. The molecule has 1 aromatic carbocycles. The van der Waals surface area contributed by atoms with Crippen LogP contribution in [0.1, 0.15) is 54.9 Å². The lowest BCUT2D eigenvalue weighted by Crippen LogP contribution is -2.50. The van der Waals surface area contributed by atoms with Gasteiger partial charge in [-0.1, -0.05) is 43.2 Å². The quantitative estimate of drug-likeness (QED) is 0.715. The van der Waals surface area contributed by atoms with Gasteiger partial charge in [0.25, 0.3) is 0 Å². The van der Waals surface area contributed by atoms with Crippen LogP contribution in [0, 0.1) is 6.92 Å². The van der Waals surface area contributed by atoms with Crippen molar-refractivity contribution < 1.29 is 14.4 Å². The molecule has 1 aliphatic heterocycles. The number of aryl methyl sites for hydroxylation is 1. The zero-order valence-corrected chi connectivity index (χ0v) is 15.3. The molecule has 1 aromatic rings. The summed E-state index contributed by atoms with van der Waals surface area (Å²) in [5.74, 6) is 0.186. The lowest BCUT2D eigenvalue weighted by atomic mass is 10.0. The topological polar surface area (TPSA) is 57.7 Å². The molecular weight excluding hydrogens is 316 g/mol. The molecule has 0 spiro atoms. The molecule has 0 radical (unpaired) electrons. The van der Waals surface area contributed by atoms with Crippen molar-refractivity contribution in [3.05, 3.63) is 35.4 Å². The summed E-state index contributed by atoms with van der Waals surface area (Å²) in [4.78, 5) is 40.1. The molecule has 0 unspecified atom stereocenters. The number of unbranched alkanes of at least 4 members (excludes halogenated alkanes) is 1. The average molecular weight is 344 g/mol. The van der Waals surface area contributed by atoms with Gasteiger partial charge in [0.05, 0.1) is 0 Å². The molecule has 2 rings (SSSR count). The van der Waals surface area contributed by atoms with Gasteiger partial charge in [-0.25, -0.2) is 0 Å². The third-order valence-electron chi connectivity index (χ3n) is 4.67. The van der Waals surface area contributed by atoms with Gasteiger partial charge < -0.3 is 9.80 Å². The van der Waals surface area contributed by atoms with E-state index in [1.807, 2.05) is 36.1 Å². The molecule has 0 N–H and O–H groups in total. The summed E-state index contributed by atoms with van der Waals surface area (Å²) in [6, 6.07) is 7.43. The van der Waals surface area contributed by atoms with Crippen LogP contribution in [-0.4, -0.2) is 53.6 Å². The van der Waals surface area contributed by atoms with E-state index in [9.17, 15) is 14.4 Å². The second-order valence-corrected chi connectivity index (χ2v) is 6.65. The Morgan fingerprint density at radius 2 is 1.36 bits per heavy atom. The molecule has 2 amide bonds. The van der Waals surface area contributed by atoms with Crippen molar-refractivity contribution in [1.29, 1.82) is 0 Å². The Hall–Kier alpha value is -2.17. The third-order valence-corrected chi connectivity index (χ3v) is 4.67. The summed E-state index contributed by atoms with van der Waals surface area (Å²) in [7, 11) is 0. The number of piperazine rings is 1. The molecule has 1 fully saturated rings. The largest absolute Gasteiger partial charge is 0.339 e. The van der Waals surface area contributed by atoms with Crippen LogP contribution < -0.4 is 0 Å². The fourth-order valence-corrected chi connectivity index (χ4v) is 2.95. The summed E-state index contributed by atoms with van der Waals surface area (Å²) >= 11 is 0. The van der Waals surface area contributed by atoms with Crippen LogP contribution in [0.5, 0.6) is 0 Å². The van der Waals surface area contributed by atoms with Crippen molar-refractivity contribution >= 4 is 17.6 Å². The number of nitrogens with zero attached hydrogens (tertiary/aromatic N) is 2. The minimum Gasteiger partial charge on any atom is -0.339 e. The Balaban J connectivity index is 1.74. The van der Waals surface area contributed by atoms with E-state index >= 15 is 0 Å². The van der Waals surface area contributed by atoms with Crippen molar-refractivity contribution in [2.45, 2.75) is 46.0 Å². The highest BCUT2D eigenvalue weighted by molar-refractivity contribution is 5.98. The molecule has 1 saturated heterocycles. The molecule has 0 aromatic heterocycles. The van der Waals surface area contributed by atoms with Crippen molar-refractivity contribution in [3.63, 3.8) is 0 Å². The van der Waals surface area contributed by atoms with E-state index in [0.29, 0.717) is 38.2 Å². The summed E-state index contributed by atoms with van der Waals surface area (Å²) in [5.41, 5.74) is 1.77.